The fourth-order valence-corrected chi connectivity index (χ4v) is 9.86. The zero-order valence-electron chi connectivity index (χ0n) is 29.9. The molecule has 0 aliphatic heterocycles. The minimum Gasteiger partial charge on any atom is -0.454 e. The fraction of sp³-hybridized carbons (Fsp3) is 0.641. The van der Waals surface area contributed by atoms with Crippen LogP contribution in [0.5, 0.6) is 0 Å². The molecule has 5 rings (SSSR count). The third-order valence-electron chi connectivity index (χ3n) is 12.0. The monoisotopic (exact) mass is 681 g/mol. The minimum absolute atomic E-state index is 0.0123. The summed E-state index contributed by atoms with van der Waals surface area (Å²) in [6.45, 7) is 10.5. The number of allylic oxidation sites excluding steroid dienone is 4. The molecule has 10 heteroatoms. The average molecular weight is 682 g/mol. The zero-order chi connectivity index (χ0) is 36.0. The number of unbranched alkanes of at least 4 members (excludes halogenated alkanes) is 1. The number of nitrogens with one attached hydrogen (secondary N) is 1. The van der Waals surface area contributed by atoms with Gasteiger partial charge in [-0.25, -0.2) is 14.0 Å². The molecule has 0 radical (unpaired) electrons. The van der Waals surface area contributed by atoms with E-state index in [4.69, 9.17) is 14.2 Å². The molecule has 8 atom stereocenters. The molecule has 1 aromatic carbocycles. The second kappa shape index (κ2) is 13.4. The van der Waals surface area contributed by atoms with Gasteiger partial charge >= 0.3 is 12.1 Å². The first kappa shape index (κ1) is 36.9. The van der Waals surface area contributed by atoms with Gasteiger partial charge in [-0.2, -0.15) is 0 Å². The van der Waals surface area contributed by atoms with Crippen LogP contribution in [0.15, 0.2) is 48.1 Å². The van der Waals surface area contributed by atoms with Crippen LogP contribution in [0.2, 0.25) is 0 Å². The number of fused-ring (bicyclic) bond motifs is 5. The molecule has 0 heterocycles. The standard InChI is InChI=1S/C39H52FNO8/c1-8-9-13-26-20-30-29-16-15-25-19-27(42)17-18-36(25,5)38(29,40)31(43)21-37(30,6)39(26,47-7)32(44)23-48-33(45)28-14-11-10-12-24(28)22-41-34(46)49-35(2,3)4/h10-12,14,17-19,26,29-31,43H,8-9,13,15-16,20-23H2,1-7H3,(H,41,46)/t26-,29+,30+,31+,36+,37+,38+,39+/m1/s1. The number of hydrogen-bond acceptors (Lipinski definition) is 8. The number of methoxy groups -OCH3 is 1. The average Bonchev–Trinajstić information content (AvgIpc) is 3.29. The van der Waals surface area contributed by atoms with Crippen LogP contribution in [-0.4, -0.2) is 65.4 Å². The summed E-state index contributed by atoms with van der Waals surface area (Å²) in [5.74, 6) is -2.48. The number of rotatable bonds is 10. The number of halogens is 1. The van der Waals surface area contributed by atoms with E-state index in [1.165, 1.54) is 19.3 Å². The van der Waals surface area contributed by atoms with Crippen molar-refractivity contribution in [3.63, 3.8) is 0 Å². The SMILES string of the molecule is CCCC[C@@H]1C[C@H]2[C@@H]3CCC4=CC(=O)C=C[C@]4(C)[C@@]3(F)[C@@H](O)C[C@]2(C)[C@@]1(OC)C(=O)COC(=O)c1ccccc1CNC(=O)OC(C)(C)C. The normalized spacial score (nSPS) is 35.0. The number of esters is 1. The van der Waals surface area contributed by atoms with Crippen molar-refractivity contribution in [2.75, 3.05) is 13.7 Å². The van der Waals surface area contributed by atoms with Crippen LogP contribution in [0.1, 0.15) is 102 Å². The second-order valence-electron chi connectivity index (χ2n) is 15.8. The molecule has 3 saturated carbocycles. The Morgan fingerprint density at radius 3 is 2.51 bits per heavy atom. The smallest absolute Gasteiger partial charge is 0.407 e. The van der Waals surface area contributed by atoms with Gasteiger partial charge in [-0.15, -0.1) is 0 Å². The van der Waals surface area contributed by atoms with E-state index in [9.17, 15) is 24.3 Å². The highest BCUT2D eigenvalue weighted by Crippen LogP contribution is 2.71. The van der Waals surface area contributed by atoms with Gasteiger partial charge in [0.2, 0.25) is 5.78 Å². The van der Waals surface area contributed by atoms with Gasteiger partial charge in [-0.05, 0) is 95.4 Å². The van der Waals surface area contributed by atoms with Crippen LogP contribution in [0.25, 0.3) is 0 Å². The van der Waals surface area contributed by atoms with Crippen molar-refractivity contribution in [1.82, 2.24) is 5.32 Å². The van der Waals surface area contributed by atoms with E-state index >= 15 is 4.39 Å². The lowest BCUT2D eigenvalue weighted by Crippen LogP contribution is -2.69. The summed E-state index contributed by atoms with van der Waals surface area (Å²) in [5.41, 5.74) is -4.86. The molecule has 4 aliphatic carbocycles. The summed E-state index contributed by atoms with van der Waals surface area (Å²) in [5, 5.41) is 14.5. The summed E-state index contributed by atoms with van der Waals surface area (Å²) in [6, 6.07) is 6.66. The Hall–Kier alpha value is -3.37. The van der Waals surface area contributed by atoms with Crippen LogP contribution < -0.4 is 5.32 Å². The molecule has 49 heavy (non-hydrogen) atoms. The number of ether oxygens (including phenoxy) is 3. The van der Waals surface area contributed by atoms with Crippen LogP contribution in [0.4, 0.5) is 9.18 Å². The largest absolute Gasteiger partial charge is 0.454 e. The predicted molar refractivity (Wildman–Crippen MR) is 181 cm³/mol. The van der Waals surface area contributed by atoms with Crippen molar-refractivity contribution in [3.05, 3.63) is 59.2 Å². The van der Waals surface area contributed by atoms with Crippen LogP contribution in [0.3, 0.4) is 0 Å². The molecular weight excluding hydrogens is 629 g/mol. The Morgan fingerprint density at radius 2 is 1.84 bits per heavy atom. The lowest BCUT2D eigenvalue weighted by atomic mass is 9.44. The lowest BCUT2D eigenvalue weighted by molar-refractivity contribution is -0.225. The Balaban J connectivity index is 1.41. The van der Waals surface area contributed by atoms with Gasteiger partial charge in [-0.3, -0.25) is 9.59 Å². The van der Waals surface area contributed by atoms with E-state index in [1.54, 1.807) is 58.0 Å². The first-order valence-corrected chi connectivity index (χ1v) is 17.6. The number of carbonyl (C=O) groups excluding carboxylic acids is 4. The van der Waals surface area contributed by atoms with Crippen molar-refractivity contribution in [3.8, 4) is 0 Å². The molecule has 9 nitrogen and oxygen atoms in total. The zero-order valence-corrected chi connectivity index (χ0v) is 29.9. The van der Waals surface area contributed by atoms with E-state index in [-0.39, 0.29) is 36.1 Å². The fourth-order valence-electron chi connectivity index (χ4n) is 9.86. The summed E-state index contributed by atoms with van der Waals surface area (Å²) in [6.07, 6.45) is 6.33. The number of benzene rings is 1. The third kappa shape index (κ3) is 6.07. The van der Waals surface area contributed by atoms with Gasteiger partial charge in [-0.1, -0.05) is 56.5 Å². The molecule has 2 N–H and O–H groups in total. The number of alkyl carbamates (subject to hydrolysis) is 1. The maximum atomic E-state index is 17.8. The molecule has 268 valence electrons. The van der Waals surface area contributed by atoms with Gasteiger partial charge in [0.15, 0.2) is 18.1 Å². The Morgan fingerprint density at radius 1 is 1.12 bits per heavy atom. The van der Waals surface area contributed by atoms with Crippen molar-refractivity contribution < 1.29 is 42.9 Å². The van der Waals surface area contributed by atoms with Crippen molar-refractivity contribution in [2.24, 2.45) is 28.6 Å². The van der Waals surface area contributed by atoms with Gasteiger partial charge < -0.3 is 24.6 Å². The van der Waals surface area contributed by atoms with E-state index in [2.05, 4.69) is 12.2 Å². The maximum Gasteiger partial charge on any atom is 0.407 e. The number of aliphatic hydroxyl groups is 1. The van der Waals surface area contributed by atoms with Crippen molar-refractivity contribution in [1.29, 1.82) is 0 Å². The van der Waals surface area contributed by atoms with Gasteiger partial charge in [0, 0.05) is 30.4 Å². The molecule has 0 unspecified atom stereocenters. The van der Waals surface area contributed by atoms with E-state index in [0.717, 1.165) is 12.8 Å². The van der Waals surface area contributed by atoms with Gasteiger partial charge in [0.05, 0.1) is 11.7 Å². The highest BCUT2D eigenvalue weighted by molar-refractivity contribution is 6.01. The highest BCUT2D eigenvalue weighted by Gasteiger charge is 2.76. The second-order valence-corrected chi connectivity index (χ2v) is 15.8. The number of Topliss-reactive ketones (excluding diaryl/α,β-unsaturated/α-hetero) is 1. The quantitative estimate of drug-likeness (QED) is 0.264. The van der Waals surface area contributed by atoms with Crippen LogP contribution in [0, 0.1) is 28.6 Å². The number of amides is 1. The molecule has 3 fully saturated rings. The van der Waals surface area contributed by atoms with E-state index < -0.39 is 64.2 Å². The maximum absolute atomic E-state index is 17.8. The minimum atomic E-state index is -2.04. The van der Waals surface area contributed by atoms with Gasteiger partial charge in [0.1, 0.15) is 11.2 Å². The number of alkyl halides is 1. The summed E-state index contributed by atoms with van der Waals surface area (Å²) >= 11 is 0. The van der Waals surface area contributed by atoms with Gasteiger partial charge in [0.25, 0.3) is 0 Å². The number of carbonyl (C=O) groups is 4. The summed E-state index contributed by atoms with van der Waals surface area (Å²) in [4.78, 5) is 52.5. The molecular formula is C39H52FNO8. The van der Waals surface area contributed by atoms with Crippen LogP contribution >= 0.6 is 0 Å². The van der Waals surface area contributed by atoms with E-state index in [1.807, 2.05) is 6.92 Å². The summed E-state index contributed by atoms with van der Waals surface area (Å²) in [7, 11) is 1.49. The first-order chi connectivity index (χ1) is 23.0. The molecule has 1 amide bonds. The third-order valence-corrected chi connectivity index (χ3v) is 12.0. The topological polar surface area (TPSA) is 128 Å². The summed E-state index contributed by atoms with van der Waals surface area (Å²) < 4.78 is 35.1. The predicted octanol–water partition coefficient (Wildman–Crippen LogP) is 6.61. The van der Waals surface area contributed by atoms with E-state index in [0.29, 0.717) is 36.8 Å². The van der Waals surface area contributed by atoms with Crippen molar-refractivity contribution >= 4 is 23.6 Å². The van der Waals surface area contributed by atoms with Crippen LogP contribution in [-0.2, 0) is 30.3 Å². The number of ketones is 2. The molecule has 1 aromatic rings. The molecule has 4 aliphatic rings. The van der Waals surface area contributed by atoms with Crippen molar-refractivity contribution in [2.45, 2.75) is 116 Å². The number of aliphatic hydroxyl groups excluding tert-OH is 1. The lowest BCUT2D eigenvalue weighted by Gasteiger charge is -2.63. The molecule has 0 bridgehead atoms. The molecule has 0 spiro atoms. The Bertz CT molecular complexity index is 1550. The first-order valence-electron chi connectivity index (χ1n) is 17.6. The number of hydrogen-bond donors (Lipinski definition) is 2. The molecule has 0 aromatic heterocycles. The Kier molecular flexibility index (Phi) is 10.1. The highest BCUT2D eigenvalue weighted by atomic mass is 19.1. The Labute approximate surface area is 289 Å². The molecule has 0 saturated heterocycles.